The Morgan fingerprint density at radius 1 is 0.917 bits per heavy atom. The number of aromatic nitrogens is 7. The van der Waals surface area contributed by atoms with Gasteiger partial charge >= 0.3 is 0 Å². The Bertz CT molecular complexity index is 2760. The molecule has 2 aromatic carbocycles. The highest BCUT2D eigenvalue weighted by Crippen LogP contribution is 2.40. The summed E-state index contributed by atoms with van der Waals surface area (Å²) in [5.74, 6) is -0.0878. The maximum absolute atomic E-state index is 15.4. The summed E-state index contributed by atoms with van der Waals surface area (Å²) in [6, 6.07) is 10.3. The third-order valence-electron chi connectivity index (χ3n) is 12.7. The van der Waals surface area contributed by atoms with E-state index in [0.29, 0.717) is 86.0 Å². The maximum Gasteiger partial charge on any atom is 0.245 e. The average Bonchev–Trinajstić information content (AvgIpc) is 3.86. The van der Waals surface area contributed by atoms with Crippen LogP contribution < -0.4 is 15.1 Å². The minimum atomic E-state index is -0.825. The molecule has 3 unspecified atom stereocenters. The van der Waals surface area contributed by atoms with Gasteiger partial charge in [0.15, 0.2) is 17.2 Å². The molecule has 18 heteroatoms. The highest BCUT2D eigenvalue weighted by molar-refractivity contribution is 5.96. The topological polar surface area (TPSA) is 143 Å². The number of likely N-dealkylation sites (N-methyl/N-ethyl adjacent to an activating group) is 1. The van der Waals surface area contributed by atoms with Crippen LogP contribution in [0.2, 0.25) is 0 Å². The first-order valence-corrected chi connectivity index (χ1v) is 20.3. The third kappa shape index (κ3) is 6.05. The van der Waals surface area contributed by atoms with Crippen LogP contribution in [0.4, 0.5) is 30.8 Å². The average molecular weight is 825 g/mol. The molecule has 1 amide bonds. The van der Waals surface area contributed by atoms with Crippen molar-refractivity contribution < 1.29 is 31.8 Å². The molecule has 0 saturated carbocycles. The van der Waals surface area contributed by atoms with Crippen molar-refractivity contribution in [1.82, 2.24) is 44.1 Å². The second kappa shape index (κ2) is 14.0. The number of ketones is 1. The minimum absolute atomic E-state index is 0. The number of likely N-dealkylation sites (tertiary alicyclic amines) is 1. The van der Waals surface area contributed by atoms with Gasteiger partial charge in [0, 0.05) is 67.9 Å². The van der Waals surface area contributed by atoms with Gasteiger partial charge in [0.05, 0.1) is 59.6 Å². The van der Waals surface area contributed by atoms with Crippen molar-refractivity contribution in [2.24, 2.45) is 0 Å². The number of aryl methyl sites for hydroxylation is 1. The van der Waals surface area contributed by atoms with Gasteiger partial charge in [-0.05, 0) is 56.5 Å². The molecule has 5 aliphatic heterocycles. The molecule has 0 radical (unpaired) electrons. The molecular formula is C42H47F3N12O3. The first kappa shape index (κ1) is 36.9. The van der Waals surface area contributed by atoms with E-state index in [1.165, 1.54) is 22.9 Å². The first-order valence-electron chi connectivity index (χ1n) is 20.3. The zero-order valence-corrected chi connectivity index (χ0v) is 32.9. The SMILES string of the molecule is Cc1nc2cc(F)cc3c2n1C[C@H]1CN(CCCO1)CC(=O)[C@@H]1CC(CN1c1nc(N2C4C[C@@H]2C(=O)N(C)C4)nc2c1cnn2-c1ccc(F)cc1F)Nc1cccc-3n1.[HH].[HH].[HH]. The van der Waals surface area contributed by atoms with Crippen molar-refractivity contribution in [1.29, 1.82) is 0 Å². The number of carbonyl (C=O) groups excluding carboxylic acids is 2. The van der Waals surface area contributed by atoms with Gasteiger partial charge in [-0.25, -0.2) is 27.8 Å². The summed E-state index contributed by atoms with van der Waals surface area (Å²) in [7, 11) is 1.77. The number of piperazine rings is 1. The highest BCUT2D eigenvalue weighted by Gasteiger charge is 2.51. The van der Waals surface area contributed by atoms with Gasteiger partial charge in [0.25, 0.3) is 0 Å². The molecule has 9 heterocycles. The Hall–Kier alpha value is -6.14. The number of ether oxygens (including phenoxy) is 1. The summed E-state index contributed by atoms with van der Waals surface area (Å²) < 4.78 is 54.5. The van der Waals surface area contributed by atoms with Crippen molar-refractivity contribution >= 4 is 51.3 Å². The van der Waals surface area contributed by atoms with Crippen LogP contribution in [0.5, 0.6) is 0 Å². The molecule has 15 nitrogen and oxygen atoms in total. The molecule has 1 N–H and O–H groups in total. The number of amides is 1. The number of hydrogen-bond donors (Lipinski definition) is 1. The van der Waals surface area contributed by atoms with E-state index in [2.05, 4.69) is 19.9 Å². The molecule has 6 atom stereocenters. The summed E-state index contributed by atoms with van der Waals surface area (Å²) >= 11 is 0. The summed E-state index contributed by atoms with van der Waals surface area (Å²) in [5, 5.41) is 8.58. The van der Waals surface area contributed by atoms with Gasteiger partial charge in [0.2, 0.25) is 11.9 Å². The monoisotopic (exact) mass is 824 g/mol. The number of hydrogen-bond acceptors (Lipinski definition) is 12. The van der Waals surface area contributed by atoms with Crippen molar-refractivity contribution in [2.75, 3.05) is 61.5 Å². The Morgan fingerprint density at radius 3 is 2.65 bits per heavy atom. The fraction of sp³-hybridized carbons (Fsp3) is 0.405. The molecule has 0 spiro atoms. The van der Waals surface area contributed by atoms with Gasteiger partial charge < -0.3 is 29.3 Å². The Balaban J connectivity index is 0.00000181. The van der Waals surface area contributed by atoms with Gasteiger partial charge in [0.1, 0.15) is 40.8 Å². The van der Waals surface area contributed by atoms with Crippen LogP contribution in [0.3, 0.4) is 0 Å². The van der Waals surface area contributed by atoms with Crippen LogP contribution in [0, 0.1) is 24.4 Å². The molecule has 5 aliphatic rings. The number of Topliss-reactive ketones (excluding diaryl/α,β-unsaturated/α-hetero) is 1. The number of carbonyl (C=O) groups is 2. The number of rotatable bonds is 3. The van der Waals surface area contributed by atoms with Gasteiger partial charge in [-0.2, -0.15) is 15.1 Å². The summed E-state index contributed by atoms with van der Waals surface area (Å²) in [4.78, 5) is 55.6. The number of nitrogens with zero attached hydrogens (tertiary/aromatic N) is 11. The second-order valence-corrected chi connectivity index (χ2v) is 16.6. The lowest BCUT2D eigenvalue weighted by Crippen LogP contribution is -2.71. The number of halogens is 3. The number of benzene rings is 2. The van der Waals surface area contributed by atoms with Gasteiger partial charge in [-0.15, -0.1) is 0 Å². The van der Waals surface area contributed by atoms with Crippen molar-refractivity contribution in [2.45, 2.75) is 63.0 Å². The van der Waals surface area contributed by atoms with Crippen molar-refractivity contribution in [3.63, 3.8) is 0 Å². The van der Waals surface area contributed by atoms with Gasteiger partial charge in [-0.3, -0.25) is 14.5 Å². The normalized spacial score (nSPS) is 25.4. The Kier molecular flexibility index (Phi) is 8.60. The third-order valence-corrected chi connectivity index (χ3v) is 12.7. The fourth-order valence-electron chi connectivity index (χ4n) is 9.87. The molecule has 314 valence electrons. The van der Waals surface area contributed by atoms with E-state index in [4.69, 9.17) is 24.7 Å². The van der Waals surface area contributed by atoms with E-state index in [-0.39, 0.29) is 58.0 Å². The van der Waals surface area contributed by atoms with E-state index in [9.17, 15) is 14.0 Å². The summed E-state index contributed by atoms with van der Waals surface area (Å²) in [6.45, 7) is 4.97. The molecule has 4 saturated heterocycles. The smallest absolute Gasteiger partial charge is 0.245 e. The molecule has 0 aliphatic carbocycles. The molecule has 11 rings (SSSR count). The van der Waals surface area contributed by atoms with Crippen LogP contribution in [0.25, 0.3) is 39.0 Å². The van der Waals surface area contributed by atoms with Gasteiger partial charge in [-0.1, -0.05) is 6.07 Å². The lowest BCUT2D eigenvalue weighted by atomic mass is 9.87. The summed E-state index contributed by atoms with van der Waals surface area (Å²) in [5.41, 5.74) is 2.70. The fourth-order valence-corrected chi connectivity index (χ4v) is 9.87. The number of nitrogens with one attached hydrogen (secondary N) is 1. The van der Waals surface area contributed by atoms with Crippen LogP contribution in [0.15, 0.2) is 54.7 Å². The van der Waals surface area contributed by atoms with Crippen molar-refractivity contribution in [3.8, 4) is 16.9 Å². The summed E-state index contributed by atoms with van der Waals surface area (Å²) in [6.07, 6.45) is 3.04. The maximum atomic E-state index is 15.4. The molecule has 4 fully saturated rings. The van der Waals surface area contributed by atoms with Crippen molar-refractivity contribution in [3.05, 3.63) is 78.0 Å². The Morgan fingerprint density at radius 2 is 1.80 bits per heavy atom. The number of fused-ring (bicyclic) bond motifs is 10. The number of anilines is 3. The first-order chi connectivity index (χ1) is 29.1. The minimum Gasteiger partial charge on any atom is -0.375 e. The largest absolute Gasteiger partial charge is 0.375 e. The van der Waals surface area contributed by atoms with Crippen LogP contribution in [-0.4, -0.2) is 132 Å². The van der Waals surface area contributed by atoms with Crippen LogP contribution in [0.1, 0.15) is 29.4 Å². The lowest BCUT2D eigenvalue weighted by Gasteiger charge is -2.54. The molecule has 8 bridgehead atoms. The molecule has 4 aromatic heterocycles. The lowest BCUT2D eigenvalue weighted by molar-refractivity contribution is -0.138. The quantitative estimate of drug-likeness (QED) is 0.261. The highest BCUT2D eigenvalue weighted by atomic mass is 19.1. The number of pyridine rings is 1. The number of imidazole rings is 1. The van der Waals surface area contributed by atoms with E-state index in [1.807, 2.05) is 34.9 Å². The predicted molar refractivity (Wildman–Crippen MR) is 222 cm³/mol. The van der Waals surface area contributed by atoms with E-state index in [1.54, 1.807) is 18.1 Å². The number of piperidine rings is 1. The zero-order chi connectivity index (χ0) is 41.0. The second-order valence-electron chi connectivity index (χ2n) is 16.6. The van der Waals surface area contributed by atoms with Crippen LogP contribution in [-0.2, 0) is 20.9 Å². The molecule has 60 heavy (non-hydrogen) atoms. The molecule has 6 aromatic rings. The zero-order valence-electron chi connectivity index (χ0n) is 32.9. The van der Waals surface area contributed by atoms with E-state index in [0.717, 1.165) is 29.9 Å². The standard InChI is InChI=1S/C42H41F3N12O3.3H2/c1-22-47-32-13-24(44)11-28-31-5-3-6-37(49-31)48-25-14-34(36(58)21-53-9-4-10-60-27(19-53)20-54(22)38(28)32)55(17-25)39-29-16-46-57(33-8-7-23(43)12-30(33)45)40(29)51-42(50-39)56-26-15-35(56)41(59)52(2)18-26;;;/h3,5-8,11-13,16,25-27,34-35H,4,9-10,14-15,17-21H2,1-2H3,(H,48,49);3*1H/t25?,26?,27-,34+,35-;;;/m1.../s1. The predicted octanol–water partition coefficient (Wildman–Crippen LogP) is 4.84. The van der Waals surface area contributed by atoms with E-state index < -0.39 is 29.5 Å². The van der Waals surface area contributed by atoms with Crippen LogP contribution >= 0.6 is 0 Å². The molecular weight excluding hydrogens is 778 g/mol. The van der Waals surface area contributed by atoms with E-state index >= 15 is 8.78 Å². The Labute approximate surface area is 346 Å².